The van der Waals surface area contributed by atoms with E-state index in [0.717, 1.165) is 24.2 Å². The van der Waals surface area contributed by atoms with Crippen LogP contribution in [0.2, 0.25) is 0 Å². The van der Waals surface area contributed by atoms with Crippen molar-refractivity contribution in [3.8, 4) is 5.75 Å². The second-order valence-electron chi connectivity index (χ2n) is 7.94. The van der Waals surface area contributed by atoms with E-state index in [1.54, 1.807) is 30.3 Å². The Bertz CT molecular complexity index is 1130. The second-order valence-corrected chi connectivity index (χ2v) is 7.94. The van der Waals surface area contributed by atoms with Crippen LogP contribution in [0.15, 0.2) is 72.8 Å². The Hall–Kier alpha value is -3.78. The van der Waals surface area contributed by atoms with Crippen LogP contribution in [-0.4, -0.2) is 46.8 Å². The number of ether oxygens (including phenoxy) is 1. The summed E-state index contributed by atoms with van der Waals surface area (Å²) in [6.45, 7) is 3.58. The summed E-state index contributed by atoms with van der Waals surface area (Å²) >= 11 is 0. The molecule has 0 aliphatic carbocycles. The van der Waals surface area contributed by atoms with Crippen molar-refractivity contribution in [2.45, 2.75) is 13.2 Å². The molecule has 0 atom stereocenters. The van der Waals surface area contributed by atoms with Crippen LogP contribution in [0, 0.1) is 15.9 Å². The summed E-state index contributed by atoms with van der Waals surface area (Å²) in [5.41, 5.74) is 2.36. The van der Waals surface area contributed by atoms with Crippen molar-refractivity contribution in [3.63, 3.8) is 0 Å². The van der Waals surface area contributed by atoms with Crippen LogP contribution in [0.5, 0.6) is 5.75 Å². The van der Waals surface area contributed by atoms with E-state index >= 15 is 0 Å². The molecule has 7 nitrogen and oxygen atoms in total. The molecule has 1 heterocycles. The monoisotopic (exact) mass is 449 g/mol. The smallest absolute Gasteiger partial charge is 0.269 e. The van der Waals surface area contributed by atoms with Crippen LogP contribution in [0.1, 0.15) is 21.5 Å². The average molecular weight is 449 g/mol. The zero-order chi connectivity index (χ0) is 23.2. The number of hydrogen-bond acceptors (Lipinski definition) is 5. The van der Waals surface area contributed by atoms with Gasteiger partial charge in [0.1, 0.15) is 18.2 Å². The fourth-order valence-corrected chi connectivity index (χ4v) is 3.81. The minimum absolute atomic E-state index is 0.00553. The lowest BCUT2D eigenvalue weighted by molar-refractivity contribution is -0.384. The van der Waals surface area contributed by atoms with Gasteiger partial charge in [-0.2, -0.15) is 0 Å². The van der Waals surface area contributed by atoms with Crippen molar-refractivity contribution in [1.29, 1.82) is 0 Å². The lowest BCUT2D eigenvalue weighted by Gasteiger charge is -2.34. The van der Waals surface area contributed by atoms with E-state index in [9.17, 15) is 19.3 Å². The maximum Gasteiger partial charge on any atom is 0.269 e. The first-order chi connectivity index (χ1) is 16.0. The molecule has 3 aromatic carbocycles. The molecule has 33 heavy (non-hydrogen) atoms. The lowest BCUT2D eigenvalue weighted by Crippen LogP contribution is -2.48. The Kier molecular flexibility index (Phi) is 6.95. The SMILES string of the molecule is O=C(c1cccc(COc2ccc([N+](=O)[O-])cc2)c1)N1CCN(Cc2cccc(F)c2)CC1. The van der Waals surface area contributed by atoms with Crippen LogP contribution < -0.4 is 4.74 Å². The zero-order valence-electron chi connectivity index (χ0n) is 18.0. The molecule has 0 radical (unpaired) electrons. The zero-order valence-corrected chi connectivity index (χ0v) is 18.0. The highest BCUT2D eigenvalue weighted by Gasteiger charge is 2.22. The van der Waals surface area contributed by atoms with Gasteiger partial charge in [-0.25, -0.2) is 4.39 Å². The van der Waals surface area contributed by atoms with Gasteiger partial charge in [0.15, 0.2) is 0 Å². The lowest BCUT2D eigenvalue weighted by atomic mass is 10.1. The molecule has 0 unspecified atom stereocenters. The number of nitrogens with zero attached hydrogens (tertiary/aromatic N) is 3. The van der Waals surface area contributed by atoms with E-state index in [1.165, 1.54) is 18.2 Å². The number of rotatable bonds is 7. The predicted molar refractivity (Wildman–Crippen MR) is 121 cm³/mol. The quantitative estimate of drug-likeness (QED) is 0.398. The Morgan fingerprint density at radius 1 is 0.939 bits per heavy atom. The fourth-order valence-electron chi connectivity index (χ4n) is 3.81. The topological polar surface area (TPSA) is 75.9 Å². The highest BCUT2D eigenvalue weighted by molar-refractivity contribution is 5.94. The van der Waals surface area contributed by atoms with Gasteiger partial charge in [-0.05, 0) is 47.5 Å². The maximum absolute atomic E-state index is 13.4. The van der Waals surface area contributed by atoms with E-state index in [0.29, 0.717) is 30.9 Å². The number of benzene rings is 3. The van der Waals surface area contributed by atoms with Crippen LogP contribution in [-0.2, 0) is 13.2 Å². The van der Waals surface area contributed by atoms with Crippen molar-refractivity contribution in [2.75, 3.05) is 26.2 Å². The molecule has 1 amide bonds. The van der Waals surface area contributed by atoms with Gasteiger partial charge in [-0.3, -0.25) is 19.8 Å². The Labute approximate surface area is 191 Å². The first-order valence-electron chi connectivity index (χ1n) is 10.7. The number of piperazine rings is 1. The summed E-state index contributed by atoms with van der Waals surface area (Å²) < 4.78 is 19.1. The molecule has 8 heteroatoms. The number of carbonyl (C=O) groups excluding carboxylic acids is 1. The molecule has 3 aromatic rings. The van der Waals surface area contributed by atoms with Gasteiger partial charge >= 0.3 is 0 Å². The van der Waals surface area contributed by atoms with E-state index in [1.807, 2.05) is 29.2 Å². The Morgan fingerprint density at radius 2 is 1.64 bits per heavy atom. The van der Waals surface area contributed by atoms with Crippen molar-refractivity contribution < 1.29 is 18.8 Å². The molecule has 0 N–H and O–H groups in total. The summed E-state index contributed by atoms with van der Waals surface area (Å²) in [5, 5.41) is 10.7. The molecule has 0 aromatic heterocycles. The van der Waals surface area contributed by atoms with Crippen LogP contribution in [0.3, 0.4) is 0 Å². The third-order valence-electron chi connectivity index (χ3n) is 5.58. The highest BCUT2D eigenvalue weighted by atomic mass is 19.1. The molecule has 4 rings (SSSR count). The number of halogens is 1. The van der Waals surface area contributed by atoms with Crippen LogP contribution >= 0.6 is 0 Å². The number of hydrogen-bond donors (Lipinski definition) is 0. The van der Waals surface area contributed by atoms with Gasteiger partial charge in [-0.15, -0.1) is 0 Å². The molecule has 1 fully saturated rings. The summed E-state index contributed by atoms with van der Waals surface area (Å²) in [6.07, 6.45) is 0. The van der Waals surface area contributed by atoms with E-state index < -0.39 is 4.92 Å². The largest absolute Gasteiger partial charge is 0.489 e. The summed E-state index contributed by atoms with van der Waals surface area (Å²) in [6, 6.07) is 19.8. The van der Waals surface area contributed by atoms with E-state index in [2.05, 4.69) is 4.90 Å². The molecule has 0 spiro atoms. The minimum Gasteiger partial charge on any atom is -0.489 e. The van der Waals surface area contributed by atoms with Crippen LogP contribution in [0.25, 0.3) is 0 Å². The Morgan fingerprint density at radius 3 is 2.33 bits per heavy atom. The van der Waals surface area contributed by atoms with Gasteiger partial charge in [-0.1, -0.05) is 24.3 Å². The number of nitro groups is 1. The molecular weight excluding hydrogens is 425 g/mol. The summed E-state index contributed by atoms with van der Waals surface area (Å²) in [7, 11) is 0. The third kappa shape index (κ3) is 5.93. The van der Waals surface area contributed by atoms with Gasteiger partial charge in [0.2, 0.25) is 0 Å². The molecule has 1 aliphatic rings. The molecule has 1 saturated heterocycles. The standard InChI is InChI=1S/C25H24FN3O4/c26-22-6-2-3-19(16-22)17-27-11-13-28(14-12-27)25(30)21-5-1-4-20(15-21)18-33-24-9-7-23(8-10-24)29(31)32/h1-10,15-16H,11-14,17-18H2. The number of non-ortho nitro benzene ring substituents is 1. The molecule has 1 aliphatic heterocycles. The highest BCUT2D eigenvalue weighted by Crippen LogP contribution is 2.19. The number of amides is 1. The van der Waals surface area contributed by atoms with Gasteiger partial charge in [0.25, 0.3) is 11.6 Å². The van der Waals surface area contributed by atoms with Crippen molar-refractivity contribution in [3.05, 3.63) is 105 Å². The number of nitro benzene ring substituents is 1. The van der Waals surface area contributed by atoms with Gasteiger partial charge in [0, 0.05) is 50.4 Å². The predicted octanol–water partition coefficient (Wildman–Crippen LogP) is 4.27. The van der Waals surface area contributed by atoms with E-state index in [-0.39, 0.29) is 24.0 Å². The summed E-state index contributed by atoms with van der Waals surface area (Å²) in [4.78, 5) is 27.3. The third-order valence-corrected chi connectivity index (χ3v) is 5.58. The molecular formula is C25H24FN3O4. The van der Waals surface area contributed by atoms with Crippen LogP contribution in [0.4, 0.5) is 10.1 Å². The van der Waals surface area contributed by atoms with Crippen molar-refractivity contribution >= 4 is 11.6 Å². The first kappa shape index (κ1) is 22.4. The maximum atomic E-state index is 13.4. The second kappa shape index (κ2) is 10.2. The Balaban J connectivity index is 1.30. The van der Waals surface area contributed by atoms with Crippen molar-refractivity contribution in [1.82, 2.24) is 9.80 Å². The normalized spacial score (nSPS) is 14.2. The van der Waals surface area contributed by atoms with Gasteiger partial charge < -0.3 is 9.64 Å². The fraction of sp³-hybridized carbons (Fsp3) is 0.240. The molecule has 0 saturated carbocycles. The first-order valence-corrected chi connectivity index (χ1v) is 10.7. The minimum atomic E-state index is -0.458. The van der Waals surface area contributed by atoms with Gasteiger partial charge in [0.05, 0.1) is 4.92 Å². The van der Waals surface area contributed by atoms with E-state index in [4.69, 9.17) is 4.74 Å². The van der Waals surface area contributed by atoms with Crippen molar-refractivity contribution in [2.24, 2.45) is 0 Å². The average Bonchev–Trinajstić information content (AvgIpc) is 2.83. The summed E-state index contributed by atoms with van der Waals surface area (Å²) in [5.74, 6) is 0.253. The molecule has 0 bridgehead atoms. The molecule has 170 valence electrons. The number of carbonyl (C=O) groups is 1.